The first-order chi connectivity index (χ1) is 8.59. The molecule has 0 spiro atoms. The lowest BCUT2D eigenvalue weighted by atomic mass is 10.0. The van der Waals surface area contributed by atoms with Gasteiger partial charge in [0.1, 0.15) is 5.75 Å². The van der Waals surface area contributed by atoms with Crippen LogP contribution in [0.25, 0.3) is 6.08 Å². The predicted molar refractivity (Wildman–Crippen MR) is 75.8 cm³/mol. The van der Waals surface area contributed by atoms with Gasteiger partial charge < -0.3 is 15.2 Å². The van der Waals surface area contributed by atoms with Gasteiger partial charge in [-0.25, -0.2) is 0 Å². The summed E-state index contributed by atoms with van der Waals surface area (Å²) in [6.45, 7) is 5.14. The minimum absolute atomic E-state index is 0.0418. The third kappa shape index (κ3) is 4.90. The van der Waals surface area contributed by atoms with E-state index in [1.54, 1.807) is 7.11 Å². The normalized spacial score (nSPS) is 12.0. The van der Waals surface area contributed by atoms with Gasteiger partial charge in [0.05, 0.1) is 7.11 Å². The second-order valence-corrected chi connectivity index (χ2v) is 4.88. The maximum absolute atomic E-state index is 8.93. The summed E-state index contributed by atoms with van der Waals surface area (Å²) in [6, 6.07) is 7.92. The van der Waals surface area contributed by atoms with Crippen molar-refractivity contribution in [3.63, 3.8) is 0 Å². The van der Waals surface area contributed by atoms with Crippen LogP contribution in [0.3, 0.4) is 0 Å². The second kappa shape index (κ2) is 7.19. The summed E-state index contributed by atoms with van der Waals surface area (Å²) in [5.74, 6) is 0.878. The number of hydrogen-bond donors (Lipinski definition) is 2. The summed E-state index contributed by atoms with van der Waals surface area (Å²) < 4.78 is 5.28. The molecule has 0 bridgehead atoms. The van der Waals surface area contributed by atoms with Crippen molar-refractivity contribution in [2.24, 2.45) is 0 Å². The van der Waals surface area contributed by atoms with Crippen LogP contribution < -0.4 is 10.1 Å². The lowest BCUT2D eigenvalue weighted by Gasteiger charge is -2.24. The highest BCUT2D eigenvalue weighted by Gasteiger charge is 2.14. The summed E-state index contributed by atoms with van der Waals surface area (Å²) >= 11 is 0. The van der Waals surface area contributed by atoms with E-state index in [1.807, 2.05) is 30.3 Å². The van der Waals surface area contributed by atoms with Gasteiger partial charge in [0.2, 0.25) is 0 Å². The SMILES string of the molecule is COc1ccccc1/C=C/CNC(C)(C)CCO. The third-order valence-corrected chi connectivity index (χ3v) is 2.87. The zero-order valence-corrected chi connectivity index (χ0v) is 11.4. The van der Waals surface area contributed by atoms with E-state index in [2.05, 4.69) is 25.2 Å². The van der Waals surface area contributed by atoms with Gasteiger partial charge in [-0.1, -0.05) is 30.4 Å². The summed E-state index contributed by atoms with van der Waals surface area (Å²) in [6.07, 6.45) is 4.85. The van der Waals surface area contributed by atoms with Crippen LogP contribution in [0.1, 0.15) is 25.8 Å². The number of aliphatic hydroxyl groups excluding tert-OH is 1. The number of ether oxygens (including phenoxy) is 1. The van der Waals surface area contributed by atoms with Gasteiger partial charge in [-0.05, 0) is 26.3 Å². The number of aliphatic hydroxyl groups is 1. The summed E-state index contributed by atoms with van der Waals surface area (Å²) in [7, 11) is 1.68. The van der Waals surface area contributed by atoms with Crippen LogP contribution in [-0.4, -0.2) is 30.9 Å². The smallest absolute Gasteiger partial charge is 0.126 e. The fourth-order valence-electron chi connectivity index (χ4n) is 1.69. The van der Waals surface area contributed by atoms with E-state index >= 15 is 0 Å². The summed E-state index contributed by atoms with van der Waals surface area (Å²) in [5, 5.41) is 12.3. The van der Waals surface area contributed by atoms with E-state index in [0.29, 0.717) is 0 Å². The molecule has 1 aromatic carbocycles. The quantitative estimate of drug-likeness (QED) is 0.780. The molecule has 2 N–H and O–H groups in total. The van der Waals surface area contributed by atoms with Crippen molar-refractivity contribution < 1.29 is 9.84 Å². The molecule has 0 atom stereocenters. The first-order valence-corrected chi connectivity index (χ1v) is 6.24. The molecule has 0 aliphatic carbocycles. The Kier molecular flexibility index (Phi) is 5.89. The standard InChI is InChI=1S/C15H23NO2/c1-15(2,10-12-17)16-11-6-8-13-7-4-5-9-14(13)18-3/h4-9,16-17H,10-12H2,1-3H3/b8-6+. The van der Waals surface area contributed by atoms with Crippen molar-refractivity contribution in [2.45, 2.75) is 25.8 Å². The molecule has 3 heteroatoms. The van der Waals surface area contributed by atoms with Crippen molar-refractivity contribution in [3.8, 4) is 5.75 Å². The van der Waals surface area contributed by atoms with Gasteiger partial charge in [-0.15, -0.1) is 0 Å². The maximum Gasteiger partial charge on any atom is 0.126 e. The Labute approximate surface area is 109 Å². The fourth-order valence-corrected chi connectivity index (χ4v) is 1.69. The molecule has 0 aliphatic rings. The molecule has 0 aliphatic heterocycles. The van der Waals surface area contributed by atoms with E-state index in [0.717, 1.165) is 24.3 Å². The lowest BCUT2D eigenvalue weighted by Crippen LogP contribution is -2.40. The van der Waals surface area contributed by atoms with Gasteiger partial charge in [-0.3, -0.25) is 0 Å². The Hall–Kier alpha value is -1.32. The molecule has 0 amide bonds. The zero-order chi connectivity index (χ0) is 13.4. The molecule has 0 radical (unpaired) electrons. The Morgan fingerprint density at radius 1 is 1.33 bits per heavy atom. The van der Waals surface area contributed by atoms with Crippen LogP contribution in [0, 0.1) is 0 Å². The van der Waals surface area contributed by atoms with Crippen LogP contribution in [0.4, 0.5) is 0 Å². The van der Waals surface area contributed by atoms with E-state index in [4.69, 9.17) is 9.84 Å². The average molecular weight is 249 g/mol. The fraction of sp³-hybridized carbons (Fsp3) is 0.467. The topological polar surface area (TPSA) is 41.5 Å². The van der Waals surface area contributed by atoms with Crippen molar-refractivity contribution in [1.82, 2.24) is 5.32 Å². The van der Waals surface area contributed by atoms with E-state index < -0.39 is 0 Å². The minimum Gasteiger partial charge on any atom is -0.496 e. The van der Waals surface area contributed by atoms with Crippen LogP contribution in [-0.2, 0) is 0 Å². The Morgan fingerprint density at radius 3 is 2.72 bits per heavy atom. The van der Waals surface area contributed by atoms with Gasteiger partial charge in [0.15, 0.2) is 0 Å². The van der Waals surface area contributed by atoms with Gasteiger partial charge >= 0.3 is 0 Å². The molecule has 3 nitrogen and oxygen atoms in total. The zero-order valence-electron chi connectivity index (χ0n) is 11.4. The minimum atomic E-state index is -0.0418. The molecular weight excluding hydrogens is 226 g/mol. The van der Waals surface area contributed by atoms with Crippen molar-refractivity contribution in [1.29, 1.82) is 0 Å². The molecule has 18 heavy (non-hydrogen) atoms. The number of hydrogen-bond acceptors (Lipinski definition) is 3. The summed E-state index contributed by atoms with van der Waals surface area (Å²) in [4.78, 5) is 0. The van der Waals surface area contributed by atoms with Crippen LogP contribution in [0.15, 0.2) is 30.3 Å². The van der Waals surface area contributed by atoms with Crippen molar-refractivity contribution >= 4 is 6.08 Å². The second-order valence-electron chi connectivity index (χ2n) is 4.88. The van der Waals surface area contributed by atoms with Crippen LogP contribution >= 0.6 is 0 Å². The highest BCUT2D eigenvalue weighted by Crippen LogP contribution is 2.18. The monoisotopic (exact) mass is 249 g/mol. The first kappa shape index (κ1) is 14.7. The summed E-state index contributed by atoms with van der Waals surface area (Å²) in [5.41, 5.74) is 1.03. The molecular formula is C15H23NO2. The number of nitrogens with one attached hydrogen (secondary N) is 1. The highest BCUT2D eigenvalue weighted by atomic mass is 16.5. The van der Waals surface area contributed by atoms with Crippen molar-refractivity contribution in [3.05, 3.63) is 35.9 Å². The van der Waals surface area contributed by atoms with Gasteiger partial charge in [0, 0.05) is 24.3 Å². The van der Waals surface area contributed by atoms with E-state index in [1.165, 1.54) is 0 Å². The molecule has 0 saturated carbocycles. The molecule has 100 valence electrons. The largest absolute Gasteiger partial charge is 0.496 e. The molecule has 0 unspecified atom stereocenters. The molecule has 1 aromatic rings. The first-order valence-electron chi connectivity index (χ1n) is 6.24. The van der Waals surface area contributed by atoms with Gasteiger partial charge in [0.25, 0.3) is 0 Å². The maximum atomic E-state index is 8.93. The van der Waals surface area contributed by atoms with Crippen molar-refractivity contribution in [2.75, 3.05) is 20.3 Å². The van der Waals surface area contributed by atoms with Crippen LogP contribution in [0.2, 0.25) is 0 Å². The molecule has 0 aromatic heterocycles. The van der Waals surface area contributed by atoms with Gasteiger partial charge in [-0.2, -0.15) is 0 Å². The number of methoxy groups -OCH3 is 1. The molecule has 0 fully saturated rings. The third-order valence-electron chi connectivity index (χ3n) is 2.87. The van der Waals surface area contributed by atoms with E-state index in [9.17, 15) is 0 Å². The Balaban J connectivity index is 2.50. The number of benzene rings is 1. The lowest BCUT2D eigenvalue weighted by molar-refractivity contribution is 0.234. The molecule has 1 rings (SSSR count). The molecule has 0 heterocycles. The number of para-hydroxylation sites is 1. The van der Waals surface area contributed by atoms with Crippen LogP contribution in [0.5, 0.6) is 5.75 Å². The molecule has 0 saturated heterocycles. The average Bonchev–Trinajstić information content (AvgIpc) is 2.35. The van der Waals surface area contributed by atoms with E-state index in [-0.39, 0.29) is 12.1 Å². The Morgan fingerprint density at radius 2 is 2.06 bits per heavy atom. The predicted octanol–water partition coefficient (Wildman–Crippen LogP) is 2.46. The Bertz CT molecular complexity index is 386. The highest BCUT2D eigenvalue weighted by molar-refractivity contribution is 5.57. The number of rotatable bonds is 7.